The summed E-state index contributed by atoms with van der Waals surface area (Å²) in [4.78, 5) is 2.33. The third kappa shape index (κ3) is 5.53. The average Bonchev–Trinajstić information content (AvgIpc) is 3.03. The molecule has 0 spiro atoms. The first-order valence-corrected chi connectivity index (χ1v) is 9.97. The predicted molar refractivity (Wildman–Crippen MR) is 109 cm³/mol. The van der Waals surface area contributed by atoms with E-state index in [0.717, 1.165) is 50.1 Å². The van der Waals surface area contributed by atoms with Gasteiger partial charge in [0.1, 0.15) is 0 Å². The lowest BCUT2D eigenvalue weighted by atomic mass is 10.1. The third-order valence-electron chi connectivity index (χ3n) is 4.73. The van der Waals surface area contributed by atoms with Crippen molar-refractivity contribution in [2.45, 2.75) is 66.2 Å². The maximum atomic E-state index is 13.5. The molecule has 0 radical (unpaired) electrons. The first-order chi connectivity index (χ1) is 12.6. The molecule has 2 rings (SSSR count). The summed E-state index contributed by atoms with van der Waals surface area (Å²) < 4.78 is 28.9. The molecule has 0 amide bonds. The van der Waals surface area contributed by atoms with E-state index in [1.165, 1.54) is 12.1 Å². The second-order valence-electron chi connectivity index (χ2n) is 8.10. The minimum atomic E-state index is -2.83. The number of hydrogen-bond donors (Lipinski definition) is 0. The number of halogens is 2. The van der Waals surface area contributed by atoms with Gasteiger partial charge in [-0.1, -0.05) is 46.8 Å². The Morgan fingerprint density at radius 1 is 1.07 bits per heavy atom. The van der Waals surface area contributed by atoms with Gasteiger partial charge < -0.3 is 4.90 Å². The van der Waals surface area contributed by atoms with Crippen LogP contribution in [-0.4, -0.2) is 22.9 Å². The van der Waals surface area contributed by atoms with Crippen LogP contribution in [0.25, 0.3) is 5.69 Å². The van der Waals surface area contributed by atoms with Gasteiger partial charge in [-0.2, -0.15) is 5.10 Å². The fourth-order valence-electron chi connectivity index (χ4n) is 3.08. The Bertz CT molecular complexity index is 712. The van der Waals surface area contributed by atoms with Gasteiger partial charge in [0.2, 0.25) is 0 Å². The summed E-state index contributed by atoms with van der Waals surface area (Å²) in [7, 11) is 0. The van der Waals surface area contributed by atoms with Crippen molar-refractivity contribution in [3.63, 3.8) is 0 Å². The Balaban J connectivity index is 2.38. The van der Waals surface area contributed by atoms with E-state index < -0.39 is 5.92 Å². The topological polar surface area (TPSA) is 21.1 Å². The van der Waals surface area contributed by atoms with Crippen molar-refractivity contribution < 1.29 is 8.78 Å². The molecule has 27 heavy (non-hydrogen) atoms. The van der Waals surface area contributed by atoms with E-state index in [0.29, 0.717) is 5.92 Å². The Kier molecular flexibility index (Phi) is 7.01. The number of aromatic nitrogens is 2. The van der Waals surface area contributed by atoms with Gasteiger partial charge in [0.05, 0.1) is 5.69 Å². The number of rotatable bonds is 9. The smallest absolute Gasteiger partial charge is 0.270 e. The fourth-order valence-corrected chi connectivity index (χ4v) is 3.08. The molecule has 0 saturated carbocycles. The molecule has 1 aromatic carbocycles. The van der Waals surface area contributed by atoms with Crippen molar-refractivity contribution in [2.75, 3.05) is 18.0 Å². The number of hydrogen-bond acceptors (Lipinski definition) is 2. The van der Waals surface area contributed by atoms with Crippen molar-refractivity contribution >= 4 is 5.82 Å². The van der Waals surface area contributed by atoms with E-state index in [9.17, 15) is 8.78 Å². The molecule has 0 aliphatic carbocycles. The number of anilines is 1. The van der Waals surface area contributed by atoms with Crippen LogP contribution in [0.4, 0.5) is 14.6 Å². The van der Waals surface area contributed by atoms with Crippen LogP contribution in [-0.2, 0) is 5.92 Å². The van der Waals surface area contributed by atoms with E-state index in [4.69, 9.17) is 5.10 Å². The minimum Gasteiger partial charge on any atom is -0.355 e. The molecule has 0 fully saturated rings. The number of alkyl halides is 2. The highest BCUT2D eigenvalue weighted by atomic mass is 19.3. The molecule has 1 aromatic heterocycles. The number of nitrogens with zero attached hydrogens (tertiary/aromatic N) is 3. The largest absolute Gasteiger partial charge is 0.355 e. The van der Waals surface area contributed by atoms with Crippen LogP contribution in [0.2, 0.25) is 0 Å². The summed E-state index contributed by atoms with van der Waals surface area (Å²) in [6.45, 7) is 13.7. The van der Waals surface area contributed by atoms with E-state index in [2.05, 4.69) is 45.6 Å². The van der Waals surface area contributed by atoms with Crippen molar-refractivity contribution in [3.05, 3.63) is 41.6 Å². The summed E-state index contributed by atoms with van der Waals surface area (Å²) >= 11 is 0. The first kappa shape index (κ1) is 21.4. The SMILES string of the molecule is CCCN(CCC(C)C)c1cc(C(C)C)n(-c2ccc(C(C)(F)F)cc2)n1. The lowest BCUT2D eigenvalue weighted by molar-refractivity contribution is 0.0175. The lowest BCUT2D eigenvalue weighted by Crippen LogP contribution is -2.26. The van der Waals surface area contributed by atoms with Crippen LogP contribution < -0.4 is 4.90 Å². The fraction of sp³-hybridized carbons (Fsp3) is 0.591. The molecule has 2 aromatic rings. The van der Waals surface area contributed by atoms with Gasteiger partial charge in [0, 0.05) is 37.3 Å². The second-order valence-corrected chi connectivity index (χ2v) is 8.10. The molecule has 5 heteroatoms. The van der Waals surface area contributed by atoms with Gasteiger partial charge in [0.25, 0.3) is 5.92 Å². The number of benzene rings is 1. The Morgan fingerprint density at radius 3 is 2.19 bits per heavy atom. The molecular weight excluding hydrogens is 344 g/mol. The van der Waals surface area contributed by atoms with Gasteiger partial charge in [-0.25, -0.2) is 13.5 Å². The van der Waals surface area contributed by atoms with E-state index in [-0.39, 0.29) is 11.5 Å². The van der Waals surface area contributed by atoms with Gasteiger partial charge in [-0.05, 0) is 36.8 Å². The highest BCUT2D eigenvalue weighted by Crippen LogP contribution is 2.29. The van der Waals surface area contributed by atoms with Crippen LogP contribution in [0.1, 0.15) is 71.6 Å². The molecule has 150 valence electrons. The van der Waals surface area contributed by atoms with E-state index >= 15 is 0 Å². The highest BCUT2D eigenvalue weighted by molar-refractivity contribution is 5.45. The summed E-state index contributed by atoms with van der Waals surface area (Å²) in [6.07, 6.45) is 2.17. The third-order valence-corrected chi connectivity index (χ3v) is 4.73. The predicted octanol–water partition coefficient (Wildman–Crippen LogP) is 6.37. The van der Waals surface area contributed by atoms with Crippen LogP contribution in [0, 0.1) is 5.92 Å². The van der Waals surface area contributed by atoms with Crippen molar-refractivity contribution in [2.24, 2.45) is 5.92 Å². The van der Waals surface area contributed by atoms with Crippen LogP contribution >= 0.6 is 0 Å². The lowest BCUT2D eigenvalue weighted by Gasteiger charge is -2.22. The maximum Gasteiger partial charge on any atom is 0.270 e. The van der Waals surface area contributed by atoms with E-state index in [1.807, 2.05) is 4.68 Å². The zero-order valence-corrected chi connectivity index (χ0v) is 17.5. The first-order valence-electron chi connectivity index (χ1n) is 9.97. The maximum absolute atomic E-state index is 13.5. The summed E-state index contributed by atoms with van der Waals surface area (Å²) in [5, 5.41) is 4.85. The van der Waals surface area contributed by atoms with Crippen molar-refractivity contribution in [1.29, 1.82) is 0 Å². The molecule has 0 unspecified atom stereocenters. The quantitative estimate of drug-likeness (QED) is 0.506. The minimum absolute atomic E-state index is 0.0225. The molecular formula is C22H33F2N3. The second kappa shape index (κ2) is 8.85. The van der Waals surface area contributed by atoms with Crippen LogP contribution in [0.15, 0.2) is 30.3 Å². The Labute approximate surface area is 162 Å². The van der Waals surface area contributed by atoms with Gasteiger partial charge in [-0.15, -0.1) is 0 Å². The van der Waals surface area contributed by atoms with Crippen molar-refractivity contribution in [1.82, 2.24) is 9.78 Å². The molecule has 0 saturated heterocycles. The Morgan fingerprint density at radius 2 is 1.70 bits per heavy atom. The van der Waals surface area contributed by atoms with Crippen LogP contribution in [0.5, 0.6) is 0 Å². The van der Waals surface area contributed by atoms with E-state index in [1.54, 1.807) is 12.1 Å². The van der Waals surface area contributed by atoms with Crippen molar-refractivity contribution in [3.8, 4) is 5.69 Å². The van der Waals surface area contributed by atoms with Crippen LogP contribution in [0.3, 0.4) is 0 Å². The zero-order chi connectivity index (χ0) is 20.2. The standard InChI is InChI=1S/C22H33F2N3/c1-7-13-26(14-12-16(2)3)21-15-20(17(4)5)27(25-21)19-10-8-18(9-11-19)22(6,23)24/h8-11,15-17H,7,12-14H2,1-6H3. The summed E-state index contributed by atoms with van der Waals surface area (Å²) in [5.74, 6) is -0.943. The normalized spacial score (nSPS) is 12.2. The highest BCUT2D eigenvalue weighted by Gasteiger charge is 2.24. The molecule has 1 heterocycles. The summed E-state index contributed by atoms with van der Waals surface area (Å²) in [6, 6.07) is 8.58. The zero-order valence-electron chi connectivity index (χ0n) is 17.5. The molecule has 0 N–H and O–H groups in total. The molecule has 3 nitrogen and oxygen atoms in total. The van der Waals surface area contributed by atoms with Gasteiger partial charge >= 0.3 is 0 Å². The van der Waals surface area contributed by atoms with Gasteiger partial charge in [-0.3, -0.25) is 0 Å². The molecule has 0 atom stereocenters. The molecule has 0 bridgehead atoms. The monoisotopic (exact) mass is 377 g/mol. The molecule has 0 aliphatic heterocycles. The molecule has 0 aliphatic rings. The average molecular weight is 378 g/mol. The van der Waals surface area contributed by atoms with Gasteiger partial charge in [0.15, 0.2) is 5.82 Å². The Hall–Kier alpha value is -1.91. The summed E-state index contributed by atoms with van der Waals surface area (Å²) in [5.41, 5.74) is 1.93.